The van der Waals surface area contributed by atoms with Gasteiger partial charge < -0.3 is 24.8 Å². The van der Waals surface area contributed by atoms with Gasteiger partial charge in [0.25, 0.3) is 0 Å². The minimum atomic E-state index is -0.498. The van der Waals surface area contributed by atoms with Crippen molar-refractivity contribution in [2.24, 2.45) is 5.73 Å². The molecule has 258 valence electrons. The molecule has 0 saturated heterocycles. The van der Waals surface area contributed by atoms with E-state index in [1.807, 2.05) is 66.7 Å². The van der Waals surface area contributed by atoms with Crippen molar-refractivity contribution >= 4 is 18.5 Å². The van der Waals surface area contributed by atoms with E-state index in [1.54, 1.807) is 6.92 Å². The first-order valence-corrected chi connectivity index (χ1v) is 15.8. The Hall–Kier alpha value is -3.76. The first-order valence-electron chi connectivity index (χ1n) is 16.5. The molecule has 2 aromatic heterocycles. The summed E-state index contributed by atoms with van der Waals surface area (Å²) in [5.74, 6) is 3.06. The average Bonchev–Trinajstić information content (AvgIpc) is 3.80. The number of benzene rings is 2. The summed E-state index contributed by atoms with van der Waals surface area (Å²) in [6, 6.07) is 12.5. The summed E-state index contributed by atoms with van der Waals surface area (Å²) in [7, 11) is 0. The molecule has 0 radical (unpaired) electrons. The fourth-order valence-electron chi connectivity index (χ4n) is 5.32. The van der Waals surface area contributed by atoms with Crippen LogP contribution in [0.4, 0.5) is 4.79 Å². The molecule has 2 aliphatic rings. The van der Waals surface area contributed by atoms with Crippen LogP contribution in [0.25, 0.3) is 22.8 Å². The summed E-state index contributed by atoms with van der Waals surface area (Å²) in [5, 5.41) is 11.1. The molecule has 1 amide bonds. The number of hydrogen-bond donors (Lipinski definition) is 2. The Morgan fingerprint density at radius 1 is 0.915 bits per heavy atom. The number of aryl methyl sites for hydroxylation is 2. The second-order valence-corrected chi connectivity index (χ2v) is 12.9. The number of hydrogen-bond acceptors (Lipinski definition) is 9. The molecule has 0 unspecified atom stereocenters. The third kappa shape index (κ3) is 9.87. The Kier molecular flexibility index (Phi) is 13.5. The summed E-state index contributed by atoms with van der Waals surface area (Å²) in [6.07, 6.45) is 3.45. The van der Waals surface area contributed by atoms with Crippen molar-refractivity contribution in [3.05, 3.63) is 70.4 Å². The van der Waals surface area contributed by atoms with Gasteiger partial charge in [-0.2, -0.15) is 9.97 Å². The third-order valence-corrected chi connectivity index (χ3v) is 7.57. The van der Waals surface area contributed by atoms with Crippen molar-refractivity contribution in [1.29, 1.82) is 0 Å². The molecule has 3 N–H and O–H groups in total. The monoisotopic (exact) mass is 669 g/mol. The van der Waals surface area contributed by atoms with Crippen molar-refractivity contribution in [2.45, 2.75) is 125 Å². The lowest BCUT2D eigenvalue weighted by atomic mass is 10.0. The highest BCUT2D eigenvalue weighted by atomic mass is 35.5. The van der Waals surface area contributed by atoms with Gasteiger partial charge in [0.2, 0.25) is 23.4 Å². The van der Waals surface area contributed by atoms with E-state index in [0.29, 0.717) is 30.3 Å². The van der Waals surface area contributed by atoms with Gasteiger partial charge >= 0.3 is 6.09 Å². The highest BCUT2D eigenvalue weighted by Crippen LogP contribution is 2.35. The molecule has 6 rings (SSSR count). The Bertz CT molecular complexity index is 1610. The van der Waals surface area contributed by atoms with Crippen molar-refractivity contribution in [1.82, 2.24) is 25.6 Å². The molecular formula is C36H53ClN6O4. The lowest BCUT2D eigenvalue weighted by Gasteiger charge is -2.22. The maximum absolute atomic E-state index is 12.0. The number of fused-ring (bicyclic) bond motifs is 2. The number of ether oxygens (including phenoxy) is 1. The van der Waals surface area contributed by atoms with Crippen LogP contribution in [-0.4, -0.2) is 32.0 Å². The lowest BCUT2D eigenvalue weighted by Crippen LogP contribution is -2.34. The van der Waals surface area contributed by atoms with Gasteiger partial charge in [0.1, 0.15) is 5.60 Å². The standard InChI is InChI=1S/C19H25N3O3.C14H17N3O.C2H6.CH4.ClH/c1-11(2)17-21-16(22-25-17)13-6-8-14-12(10-13)7-9-15(14)20-18(23)24-19(3,4)5;1-8(2)14-16-13(17-18-14)10-3-5-11-9(7-10)4-6-12(11)15;1-2;;/h6,8,10-11,15H,7,9H2,1-5H3,(H,20,23);3,5,7-8,12H,4,6,15H2,1-2H3;1-2H3;1H4;1H/t15-;12-;;;/m11.../s1/i;;1D;;. The number of nitrogens with zero attached hydrogens (tertiary/aromatic N) is 4. The van der Waals surface area contributed by atoms with Crippen LogP contribution >= 0.6 is 12.4 Å². The molecule has 2 aliphatic carbocycles. The minimum Gasteiger partial charge on any atom is -0.444 e. The van der Waals surface area contributed by atoms with E-state index in [-0.39, 0.29) is 49.8 Å². The van der Waals surface area contributed by atoms with Crippen LogP contribution in [0.15, 0.2) is 45.4 Å². The molecule has 0 aliphatic heterocycles. The minimum absolute atomic E-state index is 0. The number of nitrogens with two attached hydrogens (primary N) is 1. The zero-order valence-electron chi connectivity index (χ0n) is 29.2. The van der Waals surface area contributed by atoms with E-state index < -0.39 is 5.60 Å². The summed E-state index contributed by atoms with van der Waals surface area (Å²) < 4.78 is 22.1. The lowest BCUT2D eigenvalue weighted by molar-refractivity contribution is 0.0503. The molecule has 47 heavy (non-hydrogen) atoms. The van der Waals surface area contributed by atoms with Crippen LogP contribution in [0.5, 0.6) is 0 Å². The highest BCUT2D eigenvalue weighted by Gasteiger charge is 2.27. The number of halogens is 1. The fourth-order valence-corrected chi connectivity index (χ4v) is 5.32. The van der Waals surface area contributed by atoms with E-state index >= 15 is 0 Å². The predicted molar refractivity (Wildman–Crippen MR) is 189 cm³/mol. The van der Waals surface area contributed by atoms with Crippen LogP contribution in [0.2, 0.25) is 0 Å². The molecule has 0 bridgehead atoms. The van der Waals surface area contributed by atoms with E-state index in [9.17, 15) is 4.79 Å². The molecule has 2 heterocycles. The van der Waals surface area contributed by atoms with Crippen LogP contribution in [0.3, 0.4) is 0 Å². The predicted octanol–water partition coefficient (Wildman–Crippen LogP) is 9.26. The summed E-state index contributed by atoms with van der Waals surface area (Å²) in [6.45, 7) is 16.0. The van der Waals surface area contributed by atoms with Crippen LogP contribution in [0, 0.1) is 0 Å². The molecule has 0 fully saturated rings. The number of nitrogens with one attached hydrogen (secondary N) is 1. The quantitative estimate of drug-likeness (QED) is 0.212. The van der Waals surface area contributed by atoms with Crippen LogP contribution < -0.4 is 11.1 Å². The van der Waals surface area contributed by atoms with Gasteiger partial charge in [-0.05, 0) is 80.8 Å². The third-order valence-electron chi connectivity index (χ3n) is 7.57. The Labute approximate surface area is 287 Å². The Morgan fingerprint density at radius 3 is 1.85 bits per heavy atom. The zero-order chi connectivity index (χ0) is 33.6. The largest absolute Gasteiger partial charge is 0.444 e. The Morgan fingerprint density at radius 2 is 1.38 bits per heavy atom. The number of aromatic nitrogens is 4. The second-order valence-electron chi connectivity index (χ2n) is 12.9. The number of rotatable bonds is 5. The number of amides is 1. The molecule has 4 aromatic rings. The summed E-state index contributed by atoms with van der Waals surface area (Å²) in [4.78, 5) is 20.9. The van der Waals surface area contributed by atoms with Gasteiger partial charge in [-0.25, -0.2) is 4.79 Å². The molecule has 11 heteroatoms. The van der Waals surface area contributed by atoms with E-state index in [0.717, 1.165) is 42.4 Å². The Balaban J connectivity index is 0.000000308. The number of carbonyl (C=O) groups is 1. The van der Waals surface area contributed by atoms with E-state index in [1.165, 1.54) is 16.7 Å². The number of carbonyl (C=O) groups excluding carboxylic acids is 1. The van der Waals surface area contributed by atoms with Crippen LogP contribution in [0.1, 0.15) is 142 Å². The first-order chi connectivity index (χ1) is 21.8. The average molecular weight is 670 g/mol. The van der Waals surface area contributed by atoms with Gasteiger partial charge in [-0.3, -0.25) is 0 Å². The van der Waals surface area contributed by atoms with Crippen molar-refractivity contribution < 1.29 is 19.9 Å². The maximum atomic E-state index is 12.0. The van der Waals surface area contributed by atoms with Gasteiger partial charge in [0, 0.05) is 30.4 Å². The number of alkyl carbamates (subject to hydrolysis) is 1. The summed E-state index contributed by atoms with van der Waals surface area (Å²) >= 11 is 0. The van der Waals surface area contributed by atoms with Crippen LogP contribution in [-0.2, 0) is 17.6 Å². The highest BCUT2D eigenvalue weighted by molar-refractivity contribution is 5.85. The van der Waals surface area contributed by atoms with Gasteiger partial charge in [0.15, 0.2) is 0 Å². The second kappa shape index (κ2) is 16.9. The smallest absolute Gasteiger partial charge is 0.408 e. The van der Waals surface area contributed by atoms with Crippen molar-refractivity contribution in [3.63, 3.8) is 0 Å². The molecule has 0 spiro atoms. The molecule has 2 aromatic carbocycles. The van der Waals surface area contributed by atoms with E-state index in [4.69, 9.17) is 20.9 Å². The SMILES string of the molecule is C.CC(C)c1nc(-c2ccc3c(c2)CC[C@H]3N)no1.CC(C)c1nc(-c2ccc3c(c2)CC[C@H]3NC(=O)OC(C)(C)C)no1.Cl.[2H]CC. The van der Waals surface area contributed by atoms with Gasteiger partial charge in [-0.15, -0.1) is 12.4 Å². The van der Waals surface area contributed by atoms with Gasteiger partial charge in [-0.1, -0.05) is 83.5 Å². The zero-order valence-corrected chi connectivity index (χ0v) is 29.0. The maximum Gasteiger partial charge on any atom is 0.408 e. The molecule has 2 atom stereocenters. The molecular weight excluding hydrogens is 616 g/mol. The van der Waals surface area contributed by atoms with Crippen molar-refractivity contribution in [2.75, 3.05) is 0 Å². The topological polar surface area (TPSA) is 142 Å². The normalized spacial score (nSPS) is 16.4. The fraction of sp³-hybridized carbons (Fsp3) is 0.528. The van der Waals surface area contributed by atoms with Gasteiger partial charge in [0.05, 0.1) is 6.04 Å². The molecule has 0 saturated carbocycles. The molecule has 10 nitrogen and oxygen atoms in total. The first kappa shape index (κ1) is 37.7. The van der Waals surface area contributed by atoms with Crippen molar-refractivity contribution in [3.8, 4) is 22.8 Å². The van der Waals surface area contributed by atoms with E-state index in [2.05, 4.69) is 43.8 Å². The summed E-state index contributed by atoms with van der Waals surface area (Å²) in [5.41, 5.74) is 12.4.